The molecule has 2 aromatic rings. The van der Waals surface area contributed by atoms with Gasteiger partial charge in [-0.15, -0.1) is 11.3 Å². The number of urea groups is 1. The van der Waals surface area contributed by atoms with Crippen molar-refractivity contribution >= 4 is 35.0 Å². The van der Waals surface area contributed by atoms with Gasteiger partial charge in [0, 0.05) is 10.9 Å². The van der Waals surface area contributed by atoms with Crippen LogP contribution in [0.5, 0.6) is 0 Å². The molecule has 5 nitrogen and oxygen atoms in total. The summed E-state index contributed by atoms with van der Waals surface area (Å²) in [5.74, 6) is -0.336. The molecular weight excluding hydrogens is 318 g/mol. The van der Waals surface area contributed by atoms with E-state index < -0.39 is 11.3 Å². The molecule has 22 heavy (non-hydrogen) atoms. The number of nitrogens with two attached hydrogens (primary N) is 1. The van der Waals surface area contributed by atoms with Gasteiger partial charge in [-0.05, 0) is 5.92 Å². The van der Waals surface area contributed by atoms with E-state index in [1.807, 2.05) is 49.6 Å². The minimum Gasteiger partial charge on any atom is -0.351 e. The Morgan fingerprint density at radius 2 is 1.95 bits per heavy atom. The second-order valence-corrected chi connectivity index (χ2v) is 7.25. The van der Waals surface area contributed by atoms with E-state index in [4.69, 9.17) is 5.73 Å². The van der Waals surface area contributed by atoms with E-state index >= 15 is 0 Å². The fourth-order valence-corrected chi connectivity index (χ4v) is 3.88. The minimum atomic E-state index is -0.833. The molecule has 1 aromatic heterocycles. The maximum absolute atomic E-state index is 12.0. The molecule has 116 valence electrons. The summed E-state index contributed by atoms with van der Waals surface area (Å²) in [6.07, 6.45) is 0. The molecule has 1 unspecified atom stereocenters. The molecular formula is C15H17N3O2S2. The first-order valence-corrected chi connectivity index (χ1v) is 8.51. The molecule has 1 heterocycles. The molecule has 0 aliphatic carbocycles. The van der Waals surface area contributed by atoms with Gasteiger partial charge >= 0.3 is 6.03 Å². The number of thioether (sulfide) groups is 1. The molecule has 0 radical (unpaired) electrons. The molecule has 3 N–H and O–H groups in total. The number of carbonyl (C=O) groups excluding carboxylic acids is 2. The molecule has 0 saturated carbocycles. The highest BCUT2D eigenvalue weighted by Gasteiger charge is 2.25. The first-order chi connectivity index (χ1) is 10.5. The van der Waals surface area contributed by atoms with Crippen LogP contribution < -0.4 is 11.1 Å². The number of nitrogens with one attached hydrogen (secondary N) is 1. The average Bonchev–Trinajstić information content (AvgIpc) is 2.93. The van der Waals surface area contributed by atoms with E-state index in [1.165, 1.54) is 23.1 Å². The predicted octanol–water partition coefficient (Wildman–Crippen LogP) is 3.12. The van der Waals surface area contributed by atoms with Crippen LogP contribution in [-0.2, 0) is 4.79 Å². The van der Waals surface area contributed by atoms with Gasteiger partial charge in [0.1, 0.15) is 0 Å². The van der Waals surface area contributed by atoms with Crippen molar-refractivity contribution in [2.24, 2.45) is 11.7 Å². The van der Waals surface area contributed by atoms with Crippen molar-refractivity contribution in [3.05, 3.63) is 35.7 Å². The van der Waals surface area contributed by atoms with Crippen molar-refractivity contribution in [3.63, 3.8) is 0 Å². The van der Waals surface area contributed by atoms with Crippen LogP contribution in [0.1, 0.15) is 13.8 Å². The van der Waals surface area contributed by atoms with E-state index in [-0.39, 0.29) is 11.8 Å². The van der Waals surface area contributed by atoms with Gasteiger partial charge in [0.2, 0.25) is 5.91 Å². The third kappa shape index (κ3) is 4.32. The molecule has 0 aliphatic rings. The van der Waals surface area contributed by atoms with Crippen LogP contribution in [-0.4, -0.2) is 22.2 Å². The number of carbonyl (C=O) groups is 2. The minimum absolute atomic E-state index is 0.0495. The van der Waals surface area contributed by atoms with Crippen LogP contribution in [0, 0.1) is 5.92 Å². The molecule has 7 heteroatoms. The van der Waals surface area contributed by atoms with Gasteiger partial charge in [-0.25, -0.2) is 9.78 Å². The summed E-state index contributed by atoms with van der Waals surface area (Å²) in [5, 5.41) is 3.68. The zero-order chi connectivity index (χ0) is 16.1. The number of nitrogens with zero attached hydrogens (tertiary/aromatic N) is 1. The van der Waals surface area contributed by atoms with Gasteiger partial charge in [-0.2, -0.15) is 0 Å². The zero-order valence-electron chi connectivity index (χ0n) is 12.3. The van der Waals surface area contributed by atoms with Gasteiger partial charge in [0.15, 0.2) is 4.34 Å². The van der Waals surface area contributed by atoms with Crippen molar-refractivity contribution in [3.8, 4) is 11.3 Å². The summed E-state index contributed by atoms with van der Waals surface area (Å²) in [7, 11) is 0. The molecule has 0 fully saturated rings. The van der Waals surface area contributed by atoms with Gasteiger partial charge in [-0.1, -0.05) is 55.9 Å². The largest absolute Gasteiger partial charge is 0.351 e. The van der Waals surface area contributed by atoms with Gasteiger partial charge < -0.3 is 5.73 Å². The highest BCUT2D eigenvalue weighted by atomic mass is 32.2. The van der Waals surface area contributed by atoms with Crippen molar-refractivity contribution in [2.45, 2.75) is 23.4 Å². The molecule has 0 aliphatic heterocycles. The van der Waals surface area contributed by atoms with Crippen molar-refractivity contribution in [1.82, 2.24) is 10.3 Å². The van der Waals surface area contributed by atoms with E-state index in [9.17, 15) is 9.59 Å². The Balaban J connectivity index is 2.13. The summed E-state index contributed by atoms with van der Waals surface area (Å²) >= 11 is 2.83. The molecule has 0 saturated heterocycles. The first-order valence-electron chi connectivity index (χ1n) is 6.75. The third-order valence-corrected chi connectivity index (χ3v) is 5.41. The molecule has 1 atom stereocenters. The highest BCUT2D eigenvalue weighted by Crippen LogP contribution is 2.33. The smallest absolute Gasteiger partial charge is 0.318 e. The summed E-state index contributed by atoms with van der Waals surface area (Å²) < 4.78 is 0.789. The summed E-state index contributed by atoms with van der Waals surface area (Å²) in [5.41, 5.74) is 6.93. The lowest BCUT2D eigenvalue weighted by Gasteiger charge is -2.17. The first kappa shape index (κ1) is 16.5. The Morgan fingerprint density at radius 1 is 1.27 bits per heavy atom. The second kappa shape index (κ2) is 7.42. The number of amides is 3. The van der Waals surface area contributed by atoms with Crippen LogP contribution in [0.25, 0.3) is 11.3 Å². The average molecular weight is 335 g/mol. The summed E-state index contributed by atoms with van der Waals surface area (Å²) in [6.45, 7) is 3.84. The number of hydrogen-bond donors (Lipinski definition) is 2. The lowest BCUT2D eigenvalue weighted by Crippen LogP contribution is -2.42. The molecule has 0 bridgehead atoms. The number of benzene rings is 1. The molecule has 2 rings (SSSR count). The van der Waals surface area contributed by atoms with E-state index in [1.54, 1.807) is 0 Å². The maximum atomic E-state index is 12.0. The molecule has 0 spiro atoms. The van der Waals surface area contributed by atoms with Crippen LogP contribution >= 0.6 is 23.1 Å². The number of rotatable bonds is 5. The Morgan fingerprint density at radius 3 is 2.55 bits per heavy atom. The predicted molar refractivity (Wildman–Crippen MR) is 89.8 cm³/mol. The topological polar surface area (TPSA) is 85.1 Å². The highest BCUT2D eigenvalue weighted by molar-refractivity contribution is 8.02. The number of imide groups is 1. The fraction of sp³-hybridized carbons (Fsp3) is 0.267. The monoisotopic (exact) mass is 335 g/mol. The SMILES string of the molecule is CC(C)C(Sc1nc(-c2ccccc2)cs1)C(=O)NC(N)=O. The van der Waals surface area contributed by atoms with E-state index in [0.29, 0.717) is 0 Å². The normalized spacial score (nSPS) is 12.1. The number of hydrogen-bond acceptors (Lipinski definition) is 5. The van der Waals surface area contributed by atoms with Crippen LogP contribution in [0.4, 0.5) is 4.79 Å². The van der Waals surface area contributed by atoms with Crippen molar-refractivity contribution in [2.75, 3.05) is 0 Å². The van der Waals surface area contributed by atoms with Gasteiger partial charge in [0.05, 0.1) is 10.9 Å². The van der Waals surface area contributed by atoms with Crippen molar-refractivity contribution < 1.29 is 9.59 Å². The lowest BCUT2D eigenvalue weighted by atomic mass is 10.1. The zero-order valence-corrected chi connectivity index (χ0v) is 13.9. The van der Waals surface area contributed by atoms with Crippen molar-refractivity contribution in [1.29, 1.82) is 0 Å². The lowest BCUT2D eigenvalue weighted by molar-refractivity contribution is -0.120. The maximum Gasteiger partial charge on any atom is 0.318 e. The quantitative estimate of drug-likeness (QED) is 0.822. The number of primary amides is 1. The van der Waals surface area contributed by atoms with Crippen LogP contribution in [0.2, 0.25) is 0 Å². The Labute approximate surface area is 137 Å². The van der Waals surface area contributed by atoms with Crippen LogP contribution in [0.3, 0.4) is 0 Å². The van der Waals surface area contributed by atoms with Gasteiger partial charge in [0.25, 0.3) is 0 Å². The Hall–Kier alpha value is -1.86. The molecule has 1 aromatic carbocycles. The van der Waals surface area contributed by atoms with Gasteiger partial charge in [-0.3, -0.25) is 10.1 Å². The van der Waals surface area contributed by atoms with E-state index in [2.05, 4.69) is 10.3 Å². The second-order valence-electron chi connectivity index (χ2n) is 5.00. The van der Waals surface area contributed by atoms with E-state index in [0.717, 1.165) is 15.6 Å². The molecule has 3 amide bonds. The number of thiazole rings is 1. The Bertz CT molecular complexity index is 656. The summed E-state index contributed by atoms with van der Waals surface area (Å²) in [4.78, 5) is 27.4. The fourth-order valence-electron chi connectivity index (χ4n) is 1.85. The standard InChI is InChI=1S/C15H17N3O2S2/c1-9(2)12(13(19)18-14(16)20)22-15-17-11(8-21-15)10-6-4-3-5-7-10/h3-9,12H,1-2H3,(H3,16,18,19,20). The number of aromatic nitrogens is 1. The third-order valence-electron chi connectivity index (χ3n) is 2.89. The Kier molecular flexibility index (Phi) is 5.57. The summed E-state index contributed by atoms with van der Waals surface area (Å²) in [6, 6.07) is 9.01. The van der Waals surface area contributed by atoms with Crippen LogP contribution in [0.15, 0.2) is 40.1 Å².